The molecule has 1 rings (SSSR count). The third-order valence-electron chi connectivity index (χ3n) is 2.35. The molecule has 1 aromatic carbocycles. The first kappa shape index (κ1) is 13.6. The lowest BCUT2D eigenvalue weighted by Gasteiger charge is -2.06. The van der Waals surface area contributed by atoms with Crippen molar-refractivity contribution in [2.75, 3.05) is 13.2 Å². The summed E-state index contributed by atoms with van der Waals surface area (Å²) in [5.41, 5.74) is 1.29. The Kier molecular flexibility index (Phi) is 6.93. The molecule has 2 nitrogen and oxygen atoms in total. The van der Waals surface area contributed by atoms with Gasteiger partial charge in [-0.25, -0.2) is 0 Å². The average molecular weight is 231 g/mol. The third kappa shape index (κ3) is 5.99. The lowest BCUT2D eigenvalue weighted by molar-refractivity contribution is 0.327. The number of nitrogens with one attached hydrogen (secondary N) is 1. The second-order valence-electron chi connectivity index (χ2n) is 3.85. The molecule has 0 heterocycles. The zero-order valence-corrected chi connectivity index (χ0v) is 10.8. The minimum Gasteiger partial charge on any atom is -0.493 e. The van der Waals surface area contributed by atoms with Crippen molar-refractivity contribution in [1.29, 1.82) is 0 Å². The molecule has 0 aliphatic carbocycles. The van der Waals surface area contributed by atoms with Crippen molar-refractivity contribution in [2.45, 2.75) is 33.2 Å². The maximum absolute atomic E-state index is 5.57. The fourth-order valence-electron chi connectivity index (χ4n) is 1.46. The van der Waals surface area contributed by atoms with E-state index in [0.29, 0.717) is 6.61 Å². The second-order valence-corrected chi connectivity index (χ2v) is 3.85. The third-order valence-corrected chi connectivity index (χ3v) is 2.35. The number of benzene rings is 1. The largest absolute Gasteiger partial charge is 0.493 e. The van der Waals surface area contributed by atoms with Crippen LogP contribution in [0.25, 0.3) is 0 Å². The maximum atomic E-state index is 5.57. The average Bonchev–Trinajstić information content (AvgIpc) is 2.37. The first-order valence-electron chi connectivity index (χ1n) is 6.19. The van der Waals surface area contributed by atoms with Crippen molar-refractivity contribution in [1.82, 2.24) is 5.32 Å². The van der Waals surface area contributed by atoms with E-state index in [1.165, 1.54) is 12.0 Å². The molecule has 0 aliphatic heterocycles. The Morgan fingerprint density at radius 1 is 1.24 bits per heavy atom. The molecule has 17 heavy (non-hydrogen) atoms. The Hall–Kier alpha value is -1.46. The van der Waals surface area contributed by atoms with E-state index in [1.807, 2.05) is 19.1 Å². The molecule has 0 saturated carbocycles. The molecule has 0 bridgehead atoms. The molecule has 0 amide bonds. The van der Waals surface area contributed by atoms with Crippen LogP contribution in [0.1, 0.15) is 32.3 Å². The van der Waals surface area contributed by atoms with Gasteiger partial charge >= 0.3 is 0 Å². The lowest BCUT2D eigenvalue weighted by atomic mass is 10.2. The Morgan fingerprint density at radius 3 is 2.65 bits per heavy atom. The highest BCUT2D eigenvalue weighted by molar-refractivity contribution is 5.27. The first-order valence-corrected chi connectivity index (χ1v) is 6.19. The van der Waals surface area contributed by atoms with Gasteiger partial charge in [-0.1, -0.05) is 19.1 Å². The molecule has 0 aliphatic rings. The summed E-state index contributed by atoms with van der Waals surface area (Å²) in [5, 5.41) is 3.37. The Morgan fingerprint density at radius 2 is 2.00 bits per heavy atom. The monoisotopic (exact) mass is 231 g/mol. The van der Waals surface area contributed by atoms with E-state index in [-0.39, 0.29) is 0 Å². The summed E-state index contributed by atoms with van der Waals surface area (Å²) in [6.07, 6.45) is 1.95. The van der Waals surface area contributed by atoms with Gasteiger partial charge in [0.15, 0.2) is 0 Å². The van der Waals surface area contributed by atoms with Gasteiger partial charge in [-0.15, -0.1) is 11.8 Å². The van der Waals surface area contributed by atoms with Crippen LogP contribution in [0.5, 0.6) is 5.75 Å². The molecule has 0 spiro atoms. The molecule has 92 valence electrons. The van der Waals surface area contributed by atoms with E-state index >= 15 is 0 Å². The van der Waals surface area contributed by atoms with Crippen molar-refractivity contribution >= 4 is 0 Å². The van der Waals surface area contributed by atoms with Gasteiger partial charge in [0, 0.05) is 13.0 Å². The second kappa shape index (κ2) is 8.66. The smallest absolute Gasteiger partial charge is 0.119 e. The first-order chi connectivity index (χ1) is 8.36. The van der Waals surface area contributed by atoms with Crippen molar-refractivity contribution in [3.8, 4) is 17.6 Å². The zero-order valence-electron chi connectivity index (χ0n) is 10.8. The highest BCUT2D eigenvalue weighted by atomic mass is 16.5. The highest BCUT2D eigenvalue weighted by Crippen LogP contribution is 2.12. The number of hydrogen-bond donors (Lipinski definition) is 1. The van der Waals surface area contributed by atoms with Gasteiger partial charge in [-0.05, 0) is 37.6 Å². The van der Waals surface area contributed by atoms with Crippen molar-refractivity contribution in [3.05, 3.63) is 29.8 Å². The van der Waals surface area contributed by atoms with Crippen LogP contribution in [0, 0.1) is 11.8 Å². The summed E-state index contributed by atoms with van der Waals surface area (Å²) < 4.78 is 5.57. The van der Waals surface area contributed by atoms with Crippen molar-refractivity contribution in [2.24, 2.45) is 0 Å². The Bertz CT molecular complexity index is 359. The summed E-state index contributed by atoms with van der Waals surface area (Å²) >= 11 is 0. The fraction of sp³-hybridized carbons (Fsp3) is 0.467. The van der Waals surface area contributed by atoms with Crippen LogP contribution in [0.4, 0.5) is 0 Å². The molecular weight excluding hydrogens is 210 g/mol. The fourth-order valence-corrected chi connectivity index (χ4v) is 1.46. The highest BCUT2D eigenvalue weighted by Gasteiger charge is 1.95. The zero-order chi connectivity index (χ0) is 12.3. The maximum Gasteiger partial charge on any atom is 0.119 e. The summed E-state index contributed by atoms with van der Waals surface area (Å²) in [6.45, 7) is 6.67. The predicted molar refractivity (Wildman–Crippen MR) is 72.0 cm³/mol. The SMILES string of the molecule is CC#CCCOc1ccc(CNCCC)cc1. The number of rotatable bonds is 7. The Labute approximate surface area is 104 Å². The summed E-state index contributed by atoms with van der Waals surface area (Å²) in [6, 6.07) is 8.23. The lowest BCUT2D eigenvalue weighted by Crippen LogP contribution is -2.13. The minimum atomic E-state index is 0.661. The molecule has 0 radical (unpaired) electrons. The van der Waals surface area contributed by atoms with Crippen LogP contribution < -0.4 is 10.1 Å². The molecule has 0 aromatic heterocycles. The van der Waals surface area contributed by atoms with Crippen LogP contribution >= 0.6 is 0 Å². The van der Waals surface area contributed by atoms with Gasteiger partial charge in [-0.3, -0.25) is 0 Å². The standard InChI is InChI=1S/C15H21NO/c1-3-5-6-12-17-15-9-7-14(8-10-15)13-16-11-4-2/h7-10,16H,4,6,11-13H2,1-2H3. The van der Waals surface area contributed by atoms with Crippen LogP contribution in [0.2, 0.25) is 0 Å². The van der Waals surface area contributed by atoms with Gasteiger partial charge in [0.1, 0.15) is 5.75 Å². The Balaban J connectivity index is 2.30. The van der Waals surface area contributed by atoms with E-state index < -0.39 is 0 Å². The summed E-state index contributed by atoms with van der Waals surface area (Å²) in [4.78, 5) is 0. The molecule has 1 N–H and O–H groups in total. The minimum absolute atomic E-state index is 0.661. The molecule has 0 fully saturated rings. The molecule has 2 heteroatoms. The predicted octanol–water partition coefficient (Wildman–Crippen LogP) is 2.98. The molecule has 0 atom stereocenters. The van der Waals surface area contributed by atoms with E-state index in [1.54, 1.807) is 0 Å². The van der Waals surface area contributed by atoms with Gasteiger partial charge in [0.25, 0.3) is 0 Å². The van der Waals surface area contributed by atoms with E-state index in [9.17, 15) is 0 Å². The molecule has 0 saturated heterocycles. The topological polar surface area (TPSA) is 21.3 Å². The normalized spacial score (nSPS) is 9.53. The number of hydrogen-bond acceptors (Lipinski definition) is 2. The summed E-state index contributed by atoms with van der Waals surface area (Å²) in [7, 11) is 0. The van der Waals surface area contributed by atoms with E-state index in [2.05, 4.69) is 36.2 Å². The molecule has 1 aromatic rings. The van der Waals surface area contributed by atoms with E-state index in [0.717, 1.165) is 25.3 Å². The van der Waals surface area contributed by atoms with Crippen LogP contribution in [0.15, 0.2) is 24.3 Å². The van der Waals surface area contributed by atoms with Crippen LogP contribution in [-0.2, 0) is 6.54 Å². The summed E-state index contributed by atoms with van der Waals surface area (Å²) in [5.74, 6) is 6.75. The van der Waals surface area contributed by atoms with E-state index in [4.69, 9.17) is 4.74 Å². The van der Waals surface area contributed by atoms with Crippen molar-refractivity contribution < 1.29 is 4.74 Å². The van der Waals surface area contributed by atoms with Crippen molar-refractivity contribution in [3.63, 3.8) is 0 Å². The van der Waals surface area contributed by atoms with Gasteiger partial charge in [0.2, 0.25) is 0 Å². The van der Waals surface area contributed by atoms with Crippen LogP contribution in [0.3, 0.4) is 0 Å². The van der Waals surface area contributed by atoms with Gasteiger partial charge < -0.3 is 10.1 Å². The number of ether oxygens (including phenoxy) is 1. The molecular formula is C15H21NO. The van der Waals surface area contributed by atoms with Gasteiger partial charge in [0.05, 0.1) is 6.61 Å². The van der Waals surface area contributed by atoms with Crippen LogP contribution in [-0.4, -0.2) is 13.2 Å². The quantitative estimate of drug-likeness (QED) is 0.575. The molecule has 0 unspecified atom stereocenters. The van der Waals surface area contributed by atoms with Gasteiger partial charge in [-0.2, -0.15) is 0 Å².